The van der Waals surface area contributed by atoms with Crippen LogP contribution in [-0.4, -0.2) is 28.9 Å². The van der Waals surface area contributed by atoms with Crippen molar-refractivity contribution in [3.05, 3.63) is 71.8 Å². The summed E-state index contributed by atoms with van der Waals surface area (Å²) in [5, 5.41) is 0. The summed E-state index contributed by atoms with van der Waals surface area (Å²) in [6.45, 7) is 0. The van der Waals surface area contributed by atoms with Crippen LogP contribution in [0.15, 0.2) is 60.7 Å². The predicted octanol–water partition coefficient (Wildman–Crippen LogP) is 1.46. The number of Topliss-reactive ketones (excluding diaryl/α,β-unsaturated/α-hetero) is 5. The molecule has 0 spiro atoms. The van der Waals surface area contributed by atoms with Gasteiger partial charge in [0.05, 0.1) is 0 Å². The lowest BCUT2D eigenvalue weighted by Crippen LogP contribution is -2.34. The molecule has 0 saturated carbocycles. The maximum atomic E-state index is 11.8. The van der Waals surface area contributed by atoms with Gasteiger partial charge in [0.25, 0.3) is 17.3 Å². The number of hydrogen-bond donors (Lipinski definition) is 0. The molecule has 0 N–H and O–H groups in total. The largest absolute Gasteiger partial charge is 0.285 e. The van der Waals surface area contributed by atoms with E-state index >= 15 is 0 Å². The second-order valence-corrected chi connectivity index (χ2v) is 4.38. The fraction of sp³-hybridized carbons (Fsp3) is 0. The Morgan fingerprint density at radius 2 is 0.773 bits per heavy atom. The molecule has 0 amide bonds. The molecule has 5 heteroatoms. The van der Waals surface area contributed by atoms with E-state index in [1.54, 1.807) is 12.1 Å². The normalized spacial score (nSPS) is 9.82. The maximum Gasteiger partial charge on any atom is 0.281 e. The quantitative estimate of drug-likeness (QED) is 0.457. The van der Waals surface area contributed by atoms with Crippen LogP contribution in [0.25, 0.3) is 0 Å². The molecule has 0 saturated heterocycles. The Balaban J connectivity index is 2.17. The second kappa shape index (κ2) is 6.49. The van der Waals surface area contributed by atoms with Gasteiger partial charge in [0.15, 0.2) is 0 Å². The van der Waals surface area contributed by atoms with Gasteiger partial charge in [-0.1, -0.05) is 60.7 Å². The average molecular weight is 294 g/mol. The van der Waals surface area contributed by atoms with Gasteiger partial charge in [-0.05, 0) is 0 Å². The third-order valence-corrected chi connectivity index (χ3v) is 2.90. The van der Waals surface area contributed by atoms with Gasteiger partial charge >= 0.3 is 0 Å². The molecule has 0 aromatic heterocycles. The Labute approximate surface area is 125 Å². The maximum absolute atomic E-state index is 11.8. The minimum Gasteiger partial charge on any atom is -0.285 e. The SMILES string of the molecule is O=C(C(=O)C(=O)c1ccccc1)C(=O)C(=O)c1ccccc1. The third kappa shape index (κ3) is 3.09. The molecule has 5 nitrogen and oxygen atoms in total. The van der Waals surface area contributed by atoms with E-state index in [4.69, 9.17) is 0 Å². The lowest BCUT2D eigenvalue weighted by molar-refractivity contribution is -0.140. The Bertz CT molecular complexity index is 695. The zero-order valence-electron chi connectivity index (χ0n) is 11.3. The predicted molar refractivity (Wildman–Crippen MR) is 76.6 cm³/mol. The molecule has 2 aromatic carbocycles. The number of ketones is 5. The zero-order chi connectivity index (χ0) is 16.1. The van der Waals surface area contributed by atoms with Gasteiger partial charge in [0, 0.05) is 11.1 Å². The minimum atomic E-state index is -1.62. The Hall–Kier alpha value is -3.21. The Morgan fingerprint density at radius 3 is 1.09 bits per heavy atom. The highest BCUT2D eigenvalue weighted by Gasteiger charge is 2.33. The number of carbonyl (C=O) groups excluding carboxylic acids is 5. The molecule has 0 unspecified atom stereocenters. The molecule has 0 radical (unpaired) electrons. The molecule has 0 fully saturated rings. The van der Waals surface area contributed by atoms with Crippen molar-refractivity contribution < 1.29 is 24.0 Å². The minimum absolute atomic E-state index is 0.0131. The summed E-state index contributed by atoms with van der Waals surface area (Å²) < 4.78 is 0. The zero-order valence-corrected chi connectivity index (χ0v) is 11.3. The van der Waals surface area contributed by atoms with E-state index in [0.717, 1.165) is 0 Å². The summed E-state index contributed by atoms with van der Waals surface area (Å²) in [7, 11) is 0. The number of carbonyl (C=O) groups is 5. The number of rotatable bonds is 6. The van der Waals surface area contributed by atoms with Gasteiger partial charge in [0.1, 0.15) is 0 Å². The van der Waals surface area contributed by atoms with Crippen molar-refractivity contribution in [2.45, 2.75) is 0 Å². The van der Waals surface area contributed by atoms with Crippen molar-refractivity contribution in [3.8, 4) is 0 Å². The van der Waals surface area contributed by atoms with Crippen molar-refractivity contribution >= 4 is 28.9 Å². The molecule has 108 valence electrons. The van der Waals surface area contributed by atoms with Crippen LogP contribution >= 0.6 is 0 Å². The van der Waals surface area contributed by atoms with Crippen LogP contribution in [0, 0.1) is 0 Å². The number of hydrogen-bond acceptors (Lipinski definition) is 5. The van der Waals surface area contributed by atoms with E-state index in [0.29, 0.717) is 0 Å². The third-order valence-electron chi connectivity index (χ3n) is 2.90. The average Bonchev–Trinajstić information content (AvgIpc) is 2.60. The smallest absolute Gasteiger partial charge is 0.281 e. The molecular formula is C17H10O5. The molecule has 0 aliphatic rings. The first kappa shape index (κ1) is 15.2. The summed E-state index contributed by atoms with van der Waals surface area (Å²) in [5.74, 6) is -6.87. The van der Waals surface area contributed by atoms with E-state index in [2.05, 4.69) is 0 Å². The van der Waals surface area contributed by atoms with Gasteiger partial charge in [-0.3, -0.25) is 24.0 Å². The molecule has 2 aromatic rings. The van der Waals surface area contributed by atoms with Crippen LogP contribution in [0.4, 0.5) is 0 Å². The van der Waals surface area contributed by atoms with Crippen molar-refractivity contribution in [1.82, 2.24) is 0 Å². The molecule has 0 atom stereocenters. The van der Waals surface area contributed by atoms with E-state index in [9.17, 15) is 24.0 Å². The molecule has 0 aliphatic heterocycles. The van der Waals surface area contributed by atoms with Gasteiger partial charge in [0.2, 0.25) is 11.6 Å². The molecule has 22 heavy (non-hydrogen) atoms. The Morgan fingerprint density at radius 1 is 0.455 bits per heavy atom. The van der Waals surface area contributed by atoms with Crippen LogP contribution in [0.5, 0.6) is 0 Å². The standard InChI is InChI=1S/C17H10O5/c18-13(11-7-3-1-4-8-11)15(20)17(22)16(21)14(19)12-9-5-2-6-10-12/h1-10H. The molecule has 2 rings (SSSR count). The molecule has 0 heterocycles. The first-order chi connectivity index (χ1) is 10.5. The van der Waals surface area contributed by atoms with Crippen LogP contribution in [0.1, 0.15) is 20.7 Å². The fourth-order valence-electron chi connectivity index (χ4n) is 1.75. The highest BCUT2D eigenvalue weighted by atomic mass is 16.2. The van der Waals surface area contributed by atoms with Crippen LogP contribution < -0.4 is 0 Å². The molecule has 0 aliphatic carbocycles. The lowest BCUT2D eigenvalue weighted by atomic mass is 9.98. The first-order valence-electron chi connectivity index (χ1n) is 6.34. The molecular weight excluding hydrogens is 284 g/mol. The van der Waals surface area contributed by atoms with Crippen LogP contribution in [0.2, 0.25) is 0 Å². The highest BCUT2D eigenvalue weighted by Crippen LogP contribution is 2.05. The van der Waals surface area contributed by atoms with E-state index in [1.807, 2.05) is 0 Å². The van der Waals surface area contributed by atoms with Crippen LogP contribution in [-0.2, 0) is 14.4 Å². The lowest BCUT2D eigenvalue weighted by Gasteiger charge is -2.00. The summed E-state index contributed by atoms with van der Waals surface area (Å²) in [5.41, 5.74) is -0.0263. The summed E-state index contributed by atoms with van der Waals surface area (Å²) in [6.07, 6.45) is 0. The summed E-state index contributed by atoms with van der Waals surface area (Å²) >= 11 is 0. The van der Waals surface area contributed by atoms with E-state index < -0.39 is 28.9 Å². The first-order valence-corrected chi connectivity index (χ1v) is 6.34. The van der Waals surface area contributed by atoms with Gasteiger partial charge in [-0.15, -0.1) is 0 Å². The Kier molecular flexibility index (Phi) is 4.48. The highest BCUT2D eigenvalue weighted by molar-refractivity contribution is 6.88. The molecule has 0 bridgehead atoms. The van der Waals surface area contributed by atoms with E-state index in [1.165, 1.54) is 48.5 Å². The van der Waals surface area contributed by atoms with Gasteiger partial charge < -0.3 is 0 Å². The monoisotopic (exact) mass is 294 g/mol. The van der Waals surface area contributed by atoms with Crippen LogP contribution in [0.3, 0.4) is 0 Å². The van der Waals surface area contributed by atoms with E-state index in [-0.39, 0.29) is 11.1 Å². The van der Waals surface area contributed by atoms with Crippen molar-refractivity contribution in [2.24, 2.45) is 0 Å². The van der Waals surface area contributed by atoms with Crippen molar-refractivity contribution in [3.63, 3.8) is 0 Å². The summed E-state index contributed by atoms with van der Waals surface area (Å²) in [6, 6.07) is 14.7. The topological polar surface area (TPSA) is 85.3 Å². The second-order valence-electron chi connectivity index (χ2n) is 4.38. The van der Waals surface area contributed by atoms with Gasteiger partial charge in [-0.2, -0.15) is 0 Å². The fourth-order valence-corrected chi connectivity index (χ4v) is 1.75. The van der Waals surface area contributed by atoms with Crippen molar-refractivity contribution in [1.29, 1.82) is 0 Å². The number of benzene rings is 2. The summed E-state index contributed by atoms with van der Waals surface area (Å²) in [4.78, 5) is 58.9. The van der Waals surface area contributed by atoms with Gasteiger partial charge in [-0.25, -0.2) is 0 Å². The van der Waals surface area contributed by atoms with Crippen molar-refractivity contribution in [2.75, 3.05) is 0 Å².